The molecule has 121 valence electrons. The van der Waals surface area contributed by atoms with E-state index in [1.807, 2.05) is 6.92 Å². The smallest absolute Gasteiger partial charge is 0.314 e. The normalized spacial score (nSPS) is 10.1. The van der Waals surface area contributed by atoms with Crippen molar-refractivity contribution in [1.29, 1.82) is 0 Å². The van der Waals surface area contributed by atoms with Crippen LogP contribution in [-0.4, -0.2) is 31.5 Å². The Labute approximate surface area is 138 Å². The zero-order valence-corrected chi connectivity index (χ0v) is 18.0. The molecule has 0 N–H and O–H groups in total. The average Bonchev–Trinajstić information content (AvgIpc) is 2.45. The van der Waals surface area contributed by atoms with Crippen LogP contribution in [0.25, 0.3) is 0 Å². The maximum Gasteiger partial charge on any atom is 0.314 e. The van der Waals surface area contributed by atoms with E-state index < -0.39 is 19.8 Å². The van der Waals surface area contributed by atoms with Gasteiger partial charge in [-0.05, 0) is 0 Å². The number of rotatable bonds is 11. The van der Waals surface area contributed by atoms with E-state index in [1.165, 1.54) is 57.5 Å². The first-order valence-electron chi connectivity index (χ1n) is 8.25. The molecule has 0 bridgehead atoms. The minimum atomic E-state index is -0.839. The molecule has 0 heterocycles. The van der Waals surface area contributed by atoms with E-state index in [0.717, 1.165) is 5.75 Å². The molecule has 0 aromatic carbocycles. The van der Waals surface area contributed by atoms with Gasteiger partial charge in [-0.3, -0.25) is 4.79 Å². The van der Waals surface area contributed by atoms with Crippen LogP contribution < -0.4 is 0 Å². The standard InChI is InChI=1S/C4H8O2S.3C4H9.Sn/c1-3-7-6-4(2)5;3*1-3-4-2;/h3H2,1-2H3;3*1,3-4H2,2H3;. The third-order valence-corrected chi connectivity index (χ3v) is 12.6. The SMILES string of the molecule is CCC[CH2][Sn]([CH2]CCC)[CH2]CCC.CCSOC(C)=O. The van der Waals surface area contributed by atoms with Crippen molar-refractivity contribution >= 4 is 37.8 Å². The molecule has 0 fully saturated rings. The van der Waals surface area contributed by atoms with E-state index in [4.69, 9.17) is 0 Å². The van der Waals surface area contributed by atoms with E-state index in [1.54, 1.807) is 13.3 Å². The first kappa shape index (κ1) is 22.9. The number of carbonyl (C=O) groups excluding carboxylic acids is 1. The van der Waals surface area contributed by atoms with Crippen molar-refractivity contribution in [1.82, 2.24) is 0 Å². The largest absolute Gasteiger partial charge is 0.392 e. The van der Waals surface area contributed by atoms with Crippen molar-refractivity contribution in [2.75, 3.05) is 5.75 Å². The Morgan fingerprint density at radius 3 is 1.50 bits per heavy atom. The zero-order valence-electron chi connectivity index (χ0n) is 14.3. The van der Waals surface area contributed by atoms with Crippen LogP contribution in [0.5, 0.6) is 0 Å². The summed E-state index contributed by atoms with van der Waals surface area (Å²) in [6.07, 6.45) is 8.85. The van der Waals surface area contributed by atoms with Crippen LogP contribution in [-0.2, 0) is 8.98 Å². The number of hydrogen-bond donors (Lipinski definition) is 0. The van der Waals surface area contributed by atoms with Gasteiger partial charge >= 0.3 is 98.3 Å². The molecule has 1 radical (unpaired) electrons. The molecule has 0 aliphatic heterocycles. The molecule has 0 unspecified atom stereocenters. The van der Waals surface area contributed by atoms with Crippen molar-refractivity contribution in [3.8, 4) is 0 Å². The molecule has 0 saturated carbocycles. The van der Waals surface area contributed by atoms with Gasteiger partial charge in [-0.2, -0.15) is 0 Å². The summed E-state index contributed by atoms with van der Waals surface area (Å²) in [6, 6.07) is 0. The van der Waals surface area contributed by atoms with E-state index in [9.17, 15) is 4.79 Å². The summed E-state index contributed by atoms with van der Waals surface area (Å²) >= 11 is 0.327. The van der Waals surface area contributed by atoms with Gasteiger partial charge in [0, 0.05) is 12.7 Å². The molecule has 0 aliphatic rings. The first-order chi connectivity index (χ1) is 9.62. The van der Waals surface area contributed by atoms with Crippen molar-refractivity contribution in [3.05, 3.63) is 0 Å². The first-order valence-corrected chi connectivity index (χ1v) is 15.2. The minimum Gasteiger partial charge on any atom is -0.392 e. The minimum absolute atomic E-state index is 0.230. The van der Waals surface area contributed by atoms with E-state index in [0.29, 0.717) is 0 Å². The van der Waals surface area contributed by atoms with Gasteiger partial charge in [0.25, 0.3) is 0 Å². The van der Waals surface area contributed by atoms with Crippen LogP contribution in [0.1, 0.15) is 73.1 Å². The summed E-state index contributed by atoms with van der Waals surface area (Å²) in [4.78, 5) is 9.96. The maximum absolute atomic E-state index is 9.96. The van der Waals surface area contributed by atoms with Gasteiger partial charge in [0.1, 0.15) is 0 Å². The molecule has 2 nitrogen and oxygen atoms in total. The predicted octanol–water partition coefficient (Wildman–Crippen LogP) is 6.10. The third-order valence-electron chi connectivity index (χ3n) is 2.95. The number of unbranched alkanes of at least 4 members (excludes halogenated alkanes) is 3. The van der Waals surface area contributed by atoms with Crippen LogP contribution in [0.2, 0.25) is 13.3 Å². The fourth-order valence-corrected chi connectivity index (χ4v) is 11.5. The molecule has 0 atom stereocenters. The summed E-state index contributed by atoms with van der Waals surface area (Å²) in [5.41, 5.74) is 0. The maximum atomic E-state index is 9.96. The second-order valence-corrected chi connectivity index (χ2v) is 14.6. The van der Waals surface area contributed by atoms with Gasteiger partial charge in [-0.25, -0.2) is 0 Å². The molecule has 0 amide bonds. The fourth-order valence-electron chi connectivity index (χ4n) is 1.80. The molecule has 0 rings (SSSR count). The molecule has 4 heteroatoms. The van der Waals surface area contributed by atoms with Crippen molar-refractivity contribution in [2.45, 2.75) is 86.5 Å². The Morgan fingerprint density at radius 1 is 0.900 bits per heavy atom. The second-order valence-electron chi connectivity index (χ2n) is 5.04. The van der Waals surface area contributed by atoms with Crippen LogP contribution in [0.15, 0.2) is 0 Å². The zero-order chi connectivity index (χ0) is 15.6. The number of hydrogen-bond acceptors (Lipinski definition) is 3. The summed E-state index contributed by atoms with van der Waals surface area (Å²) in [5.74, 6) is 0.589. The Kier molecular flexibility index (Phi) is 22.5. The van der Waals surface area contributed by atoms with Crippen LogP contribution in [0.4, 0.5) is 0 Å². The number of carbonyl (C=O) groups is 1. The second kappa shape index (κ2) is 19.6. The van der Waals surface area contributed by atoms with Crippen molar-refractivity contribution in [3.63, 3.8) is 0 Å². The van der Waals surface area contributed by atoms with Gasteiger partial charge in [-0.15, -0.1) is 0 Å². The van der Waals surface area contributed by atoms with E-state index in [-0.39, 0.29) is 5.97 Å². The van der Waals surface area contributed by atoms with Gasteiger partial charge in [0.15, 0.2) is 0 Å². The fraction of sp³-hybridized carbons (Fsp3) is 0.938. The Morgan fingerprint density at radius 2 is 1.30 bits per heavy atom. The van der Waals surface area contributed by atoms with Gasteiger partial charge in [0.2, 0.25) is 0 Å². The average molecular weight is 410 g/mol. The van der Waals surface area contributed by atoms with E-state index >= 15 is 0 Å². The summed E-state index contributed by atoms with van der Waals surface area (Å²) in [6.45, 7) is 10.3. The van der Waals surface area contributed by atoms with Gasteiger partial charge in [-0.1, -0.05) is 6.92 Å². The predicted molar refractivity (Wildman–Crippen MR) is 94.8 cm³/mol. The summed E-state index contributed by atoms with van der Waals surface area (Å²) in [7, 11) is 0. The van der Waals surface area contributed by atoms with Crippen molar-refractivity contribution in [2.24, 2.45) is 0 Å². The molecule has 0 aromatic rings. The molecule has 0 aromatic heterocycles. The van der Waals surface area contributed by atoms with Gasteiger partial charge < -0.3 is 4.18 Å². The molecular weight excluding hydrogens is 375 g/mol. The Hall–Kier alpha value is 0.619. The van der Waals surface area contributed by atoms with Gasteiger partial charge in [0.05, 0.1) is 12.0 Å². The van der Waals surface area contributed by atoms with Crippen LogP contribution in [0.3, 0.4) is 0 Å². The Balaban J connectivity index is 0. The molecule has 0 saturated heterocycles. The Bertz CT molecular complexity index is 182. The van der Waals surface area contributed by atoms with Crippen molar-refractivity contribution < 1.29 is 8.98 Å². The van der Waals surface area contributed by atoms with Crippen LogP contribution in [0, 0.1) is 0 Å². The van der Waals surface area contributed by atoms with Crippen LogP contribution >= 0.6 is 12.0 Å². The monoisotopic (exact) mass is 411 g/mol. The van der Waals surface area contributed by atoms with E-state index in [2.05, 4.69) is 25.0 Å². The quantitative estimate of drug-likeness (QED) is 0.304. The summed E-state index contributed by atoms with van der Waals surface area (Å²) < 4.78 is 9.51. The topological polar surface area (TPSA) is 26.3 Å². The molecule has 20 heavy (non-hydrogen) atoms. The summed E-state index contributed by atoms with van der Waals surface area (Å²) in [5, 5.41) is 0. The molecule has 0 aliphatic carbocycles. The third kappa shape index (κ3) is 20.9. The molecule has 0 spiro atoms. The molecular formula is C16H35O2SSn.